The molecule has 0 amide bonds. The number of morpholine rings is 1. The van der Waals surface area contributed by atoms with E-state index < -0.39 is 0 Å². The molecule has 4 heteroatoms. The third-order valence-corrected chi connectivity index (χ3v) is 3.96. The van der Waals surface area contributed by atoms with E-state index in [1.807, 2.05) is 12.4 Å². The number of ether oxygens (including phenoxy) is 1. The summed E-state index contributed by atoms with van der Waals surface area (Å²) in [6, 6.07) is 3.29. The predicted octanol–water partition coefficient (Wildman–Crippen LogP) is 1.95. The van der Waals surface area contributed by atoms with Gasteiger partial charge >= 0.3 is 0 Å². The van der Waals surface area contributed by atoms with Crippen LogP contribution in [0.5, 0.6) is 0 Å². The summed E-state index contributed by atoms with van der Waals surface area (Å²) in [5.41, 5.74) is 2.61. The highest BCUT2D eigenvalue weighted by Crippen LogP contribution is 2.26. The first-order chi connectivity index (χ1) is 9.24. The summed E-state index contributed by atoms with van der Waals surface area (Å²) in [7, 11) is 0. The van der Waals surface area contributed by atoms with Crippen molar-refractivity contribution in [1.29, 1.82) is 0 Å². The van der Waals surface area contributed by atoms with Gasteiger partial charge in [0.25, 0.3) is 0 Å². The lowest BCUT2D eigenvalue weighted by atomic mass is 10.1. The van der Waals surface area contributed by atoms with Crippen molar-refractivity contribution in [2.75, 3.05) is 18.1 Å². The molecule has 3 rings (SSSR count). The van der Waals surface area contributed by atoms with Crippen LogP contribution in [0.3, 0.4) is 0 Å². The first kappa shape index (κ1) is 12.9. The van der Waals surface area contributed by atoms with Crippen molar-refractivity contribution < 1.29 is 4.74 Å². The molecule has 0 aromatic carbocycles. The fourth-order valence-electron chi connectivity index (χ4n) is 2.60. The van der Waals surface area contributed by atoms with Crippen molar-refractivity contribution in [3.8, 4) is 0 Å². The largest absolute Gasteiger partial charge is 0.375 e. The molecular weight excluding hydrogens is 238 g/mol. The zero-order chi connectivity index (χ0) is 13.2. The van der Waals surface area contributed by atoms with E-state index in [0.29, 0.717) is 12.1 Å². The fraction of sp³-hybridized carbons (Fsp3) is 0.667. The van der Waals surface area contributed by atoms with Crippen molar-refractivity contribution in [2.45, 2.75) is 51.4 Å². The van der Waals surface area contributed by atoms with Crippen LogP contribution < -0.4 is 10.2 Å². The van der Waals surface area contributed by atoms with Gasteiger partial charge in [0.15, 0.2) is 0 Å². The van der Waals surface area contributed by atoms with Gasteiger partial charge in [0.1, 0.15) is 0 Å². The molecule has 2 atom stereocenters. The maximum atomic E-state index is 5.71. The number of pyridine rings is 1. The minimum Gasteiger partial charge on any atom is -0.375 e. The van der Waals surface area contributed by atoms with E-state index >= 15 is 0 Å². The van der Waals surface area contributed by atoms with E-state index in [1.54, 1.807) is 0 Å². The normalized spacial score (nSPS) is 27.6. The van der Waals surface area contributed by atoms with Crippen LogP contribution in [-0.4, -0.2) is 36.3 Å². The van der Waals surface area contributed by atoms with Crippen LogP contribution in [0.4, 0.5) is 5.69 Å². The Morgan fingerprint density at radius 2 is 2.26 bits per heavy atom. The molecule has 1 N–H and O–H groups in total. The average molecular weight is 261 g/mol. The van der Waals surface area contributed by atoms with E-state index in [1.165, 1.54) is 24.1 Å². The molecule has 1 aromatic rings. The monoisotopic (exact) mass is 261 g/mol. The van der Waals surface area contributed by atoms with Crippen LogP contribution in [0, 0.1) is 0 Å². The van der Waals surface area contributed by atoms with Gasteiger partial charge in [-0.15, -0.1) is 0 Å². The molecule has 1 aliphatic carbocycles. The van der Waals surface area contributed by atoms with Gasteiger partial charge in [0.2, 0.25) is 0 Å². The third kappa shape index (κ3) is 3.07. The highest BCUT2D eigenvalue weighted by Gasteiger charge is 2.26. The Bertz CT molecular complexity index is 433. The van der Waals surface area contributed by atoms with E-state index in [4.69, 9.17) is 4.74 Å². The summed E-state index contributed by atoms with van der Waals surface area (Å²) in [5, 5.41) is 3.59. The Balaban J connectivity index is 1.77. The molecule has 2 heterocycles. The van der Waals surface area contributed by atoms with Crippen LogP contribution in [0.25, 0.3) is 0 Å². The number of aromatic nitrogens is 1. The lowest BCUT2D eigenvalue weighted by Crippen LogP contribution is -2.48. The Morgan fingerprint density at radius 1 is 1.42 bits per heavy atom. The van der Waals surface area contributed by atoms with Crippen LogP contribution in [-0.2, 0) is 11.3 Å². The summed E-state index contributed by atoms with van der Waals surface area (Å²) >= 11 is 0. The molecule has 104 valence electrons. The number of anilines is 1. The molecule has 2 unspecified atom stereocenters. The maximum absolute atomic E-state index is 5.71. The van der Waals surface area contributed by atoms with Crippen molar-refractivity contribution >= 4 is 5.69 Å². The highest BCUT2D eigenvalue weighted by atomic mass is 16.5. The van der Waals surface area contributed by atoms with Gasteiger partial charge < -0.3 is 15.0 Å². The standard InChI is InChI=1S/C15H23N3O/c1-11-10-19-12(2)9-18(11)15-8-16-6-5-13(15)7-17-14-3-4-14/h5-6,8,11-12,14,17H,3-4,7,9-10H2,1-2H3. The topological polar surface area (TPSA) is 37.4 Å². The lowest BCUT2D eigenvalue weighted by molar-refractivity contribution is 0.0343. The first-order valence-corrected chi connectivity index (χ1v) is 7.28. The number of hydrogen-bond acceptors (Lipinski definition) is 4. The van der Waals surface area contributed by atoms with Crippen LogP contribution in [0.2, 0.25) is 0 Å². The molecule has 19 heavy (non-hydrogen) atoms. The van der Waals surface area contributed by atoms with Gasteiger partial charge in [-0.2, -0.15) is 0 Å². The molecule has 0 radical (unpaired) electrons. The molecular formula is C15H23N3O. The van der Waals surface area contributed by atoms with E-state index in [9.17, 15) is 0 Å². The average Bonchev–Trinajstić information content (AvgIpc) is 3.24. The summed E-state index contributed by atoms with van der Waals surface area (Å²) in [6.07, 6.45) is 6.83. The quantitative estimate of drug-likeness (QED) is 0.899. The van der Waals surface area contributed by atoms with Gasteiger partial charge in [-0.3, -0.25) is 4.98 Å². The Labute approximate surface area is 115 Å². The van der Waals surface area contributed by atoms with Crippen molar-refractivity contribution in [3.63, 3.8) is 0 Å². The van der Waals surface area contributed by atoms with Crippen LogP contribution in [0.1, 0.15) is 32.3 Å². The molecule has 1 aliphatic heterocycles. The molecule has 1 aromatic heterocycles. The van der Waals surface area contributed by atoms with Gasteiger partial charge in [0.05, 0.1) is 24.6 Å². The second-order valence-electron chi connectivity index (χ2n) is 5.80. The van der Waals surface area contributed by atoms with Crippen LogP contribution in [0.15, 0.2) is 18.5 Å². The Kier molecular flexibility index (Phi) is 3.71. The predicted molar refractivity (Wildman–Crippen MR) is 76.3 cm³/mol. The summed E-state index contributed by atoms with van der Waals surface area (Å²) in [4.78, 5) is 6.75. The second kappa shape index (κ2) is 5.47. The number of nitrogens with one attached hydrogen (secondary N) is 1. The second-order valence-corrected chi connectivity index (χ2v) is 5.80. The summed E-state index contributed by atoms with van der Waals surface area (Å²) < 4.78 is 5.71. The number of hydrogen-bond donors (Lipinski definition) is 1. The molecule has 1 saturated heterocycles. The first-order valence-electron chi connectivity index (χ1n) is 7.28. The minimum atomic E-state index is 0.292. The Morgan fingerprint density at radius 3 is 3.05 bits per heavy atom. The Hall–Kier alpha value is -1.13. The van der Waals surface area contributed by atoms with E-state index in [2.05, 4.69) is 35.1 Å². The number of rotatable bonds is 4. The van der Waals surface area contributed by atoms with Gasteiger partial charge in [-0.05, 0) is 38.3 Å². The van der Waals surface area contributed by atoms with Crippen molar-refractivity contribution in [3.05, 3.63) is 24.0 Å². The molecule has 1 saturated carbocycles. The number of nitrogens with zero attached hydrogens (tertiary/aromatic N) is 2. The minimum absolute atomic E-state index is 0.292. The maximum Gasteiger partial charge on any atom is 0.0723 e. The molecule has 0 bridgehead atoms. The highest BCUT2D eigenvalue weighted by molar-refractivity contribution is 5.53. The fourth-order valence-corrected chi connectivity index (χ4v) is 2.60. The molecule has 0 spiro atoms. The summed E-state index contributed by atoms with van der Waals surface area (Å²) in [5.74, 6) is 0. The zero-order valence-electron chi connectivity index (χ0n) is 11.8. The van der Waals surface area contributed by atoms with Crippen molar-refractivity contribution in [2.24, 2.45) is 0 Å². The molecule has 4 nitrogen and oxygen atoms in total. The lowest BCUT2D eigenvalue weighted by Gasteiger charge is -2.39. The zero-order valence-corrected chi connectivity index (χ0v) is 11.8. The SMILES string of the molecule is CC1CN(c2cnccc2CNC2CC2)C(C)CO1. The van der Waals surface area contributed by atoms with Crippen LogP contribution >= 0.6 is 0 Å². The van der Waals surface area contributed by atoms with E-state index in [0.717, 1.165) is 25.7 Å². The molecule has 2 aliphatic rings. The third-order valence-electron chi connectivity index (χ3n) is 3.96. The van der Waals surface area contributed by atoms with Gasteiger partial charge in [-0.1, -0.05) is 0 Å². The molecule has 2 fully saturated rings. The van der Waals surface area contributed by atoms with Gasteiger partial charge in [-0.25, -0.2) is 0 Å². The van der Waals surface area contributed by atoms with Crippen molar-refractivity contribution in [1.82, 2.24) is 10.3 Å². The summed E-state index contributed by atoms with van der Waals surface area (Å²) in [6.45, 7) is 7.05. The van der Waals surface area contributed by atoms with E-state index in [-0.39, 0.29) is 0 Å². The van der Waals surface area contributed by atoms with Gasteiger partial charge in [0, 0.05) is 31.4 Å². The smallest absolute Gasteiger partial charge is 0.0723 e.